The van der Waals surface area contributed by atoms with Crippen LogP contribution in [0.15, 0.2) is 18.2 Å². The quantitative estimate of drug-likeness (QED) is 0.362. The van der Waals surface area contributed by atoms with Crippen molar-refractivity contribution in [2.24, 2.45) is 0 Å². The number of carboxylic acid groups (broad SMARTS) is 1. The van der Waals surface area contributed by atoms with Crippen LogP contribution in [0.25, 0.3) is 0 Å². The van der Waals surface area contributed by atoms with Crippen LogP contribution < -0.4 is 4.90 Å². The van der Waals surface area contributed by atoms with E-state index >= 15 is 0 Å². The molecule has 0 saturated carbocycles. The Bertz CT molecular complexity index is 517. The van der Waals surface area contributed by atoms with Crippen molar-refractivity contribution in [3.8, 4) is 0 Å². The summed E-state index contributed by atoms with van der Waals surface area (Å²) in [6, 6.07) is 5.42. The molecule has 1 aromatic rings. The molecule has 0 unspecified atom stereocenters. The number of carbonyl (C=O) groups is 1. The molecule has 0 saturated heterocycles. The van der Waals surface area contributed by atoms with E-state index < -0.39 is 5.97 Å². The van der Waals surface area contributed by atoms with Gasteiger partial charge in [0, 0.05) is 32.3 Å². The summed E-state index contributed by atoms with van der Waals surface area (Å²) in [6.07, 6.45) is 0.574. The molecule has 0 radical (unpaired) electrons. The number of benzene rings is 1. The van der Waals surface area contributed by atoms with Crippen LogP contribution in [-0.2, 0) is 32.2 Å². The van der Waals surface area contributed by atoms with Gasteiger partial charge in [-0.05, 0) is 29.7 Å². The van der Waals surface area contributed by atoms with E-state index in [0.29, 0.717) is 63.7 Å². The highest BCUT2D eigenvalue weighted by molar-refractivity contribution is 5.66. The highest BCUT2D eigenvalue weighted by atomic mass is 16.5. The molecule has 8 nitrogen and oxygen atoms in total. The first-order valence-corrected chi connectivity index (χ1v) is 9.06. The van der Waals surface area contributed by atoms with Crippen molar-refractivity contribution in [1.29, 1.82) is 0 Å². The molecule has 0 amide bonds. The zero-order chi connectivity index (χ0) is 19.9. The molecule has 154 valence electrons. The Labute approximate surface area is 160 Å². The molecule has 3 N–H and O–H groups in total. The predicted molar refractivity (Wildman–Crippen MR) is 101 cm³/mol. The molecule has 0 aliphatic heterocycles. The van der Waals surface area contributed by atoms with Gasteiger partial charge in [0.05, 0.1) is 46.2 Å². The minimum atomic E-state index is -0.834. The standard InChI is InChI=1S/C19H31NO7/c1-25-7-8-27-10-9-26-6-5-20(4-2-3-19(23)24)18-12-16(14-21)11-17(13-18)15-22/h11-13,21-22H,2-10,14-15H2,1H3,(H,23,24). The van der Waals surface area contributed by atoms with Gasteiger partial charge in [-0.3, -0.25) is 4.79 Å². The number of hydrogen-bond acceptors (Lipinski definition) is 7. The van der Waals surface area contributed by atoms with Crippen molar-refractivity contribution in [1.82, 2.24) is 0 Å². The van der Waals surface area contributed by atoms with Crippen LogP contribution in [0.4, 0.5) is 5.69 Å². The van der Waals surface area contributed by atoms with E-state index in [4.69, 9.17) is 19.3 Å². The van der Waals surface area contributed by atoms with Crippen LogP contribution in [0.1, 0.15) is 24.0 Å². The number of aliphatic carboxylic acids is 1. The van der Waals surface area contributed by atoms with Crippen molar-refractivity contribution in [2.45, 2.75) is 26.1 Å². The van der Waals surface area contributed by atoms with Crippen molar-refractivity contribution in [3.05, 3.63) is 29.3 Å². The van der Waals surface area contributed by atoms with E-state index in [-0.39, 0.29) is 19.6 Å². The molecule has 0 fully saturated rings. The third-order valence-electron chi connectivity index (χ3n) is 3.90. The molecule has 0 spiro atoms. The number of ether oxygens (including phenoxy) is 3. The molecular weight excluding hydrogens is 354 g/mol. The van der Waals surface area contributed by atoms with Gasteiger partial charge in [0.2, 0.25) is 0 Å². The first-order valence-electron chi connectivity index (χ1n) is 9.06. The maximum absolute atomic E-state index is 10.8. The Hall–Kier alpha value is -1.71. The Balaban J connectivity index is 2.58. The average Bonchev–Trinajstić information content (AvgIpc) is 2.67. The third-order valence-corrected chi connectivity index (χ3v) is 3.90. The monoisotopic (exact) mass is 385 g/mol. The van der Waals surface area contributed by atoms with E-state index in [0.717, 1.165) is 5.69 Å². The van der Waals surface area contributed by atoms with E-state index in [1.165, 1.54) is 0 Å². The SMILES string of the molecule is COCCOCCOCCN(CCCC(=O)O)c1cc(CO)cc(CO)c1. The lowest BCUT2D eigenvalue weighted by atomic mass is 10.1. The summed E-state index contributed by atoms with van der Waals surface area (Å²) in [6.45, 7) is 3.33. The van der Waals surface area contributed by atoms with Crippen LogP contribution in [0.5, 0.6) is 0 Å². The first-order chi connectivity index (χ1) is 13.1. The zero-order valence-corrected chi connectivity index (χ0v) is 15.9. The van der Waals surface area contributed by atoms with Gasteiger partial charge >= 0.3 is 5.97 Å². The predicted octanol–water partition coefficient (Wildman–Crippen LogP) is 1.02. The fourth-order valence-corrected chi connectivity index (χ4v) is 2.54. The zero-order valence-electron chi connectivity index (χ0n) is 15.9. The second kappa shape index (κ2) is 14.4. The summed E-state index contributed by atoms with van der Waals surface area (Å²) in [5.41, 5.74) is 2.23. The van der Waals surface area contributed by atoms with Crippen molar-refractivity contribution < 1.29 is 34.3 Å². The summed E-state index contributed by atoms with van der Waals surface area (Å²) in [5, 5.41) is 27.7. The van der Waals surface area contributed by atoms with Gasteiger partial charge in [-0.25, -0.2) is 0 Å². The topological polar surface area (TPSA) is 109 Å². The van der Waals surface area contributed by atoms with Gasteiger partial charge in [-0.1, -0.05) is 6.07 Å². The van der Waals surface area contributed by atoms with Gasteiger partial charge in [-0.2, -0.15) is 0 Å². The molecular formula is C19H31NO7. The number of aliphatic hydroxyl groups is 2. The molecule has 0 atom stereocenters. The summed E-state index contributed by atoms with van der Waals surface area (Å²) >= 11 is 0. The molecule has 0 heterocycles. The maximum atomic E-state index is 10.8. The lowest BCUT2D eigenvalue weighted by Gasteiger charge is -2.26. The molecule has 27 heavy (non-hydrogen) atoms. The number of anilines is 1. The number of hydrogen-bond donors (Lipinski definition) is 3. The summed E-state index contributed by atoms with van der Waals surface area (Å²) in [7, 11) is 1.62. The van der Waals surface area contributed by atoms with Crippen molar-refractivity contribution in [2.75, 3.05) is 58.1 Å². The minimum Gasteiger partial charge on any atom is -0.481 e. The number of nitrogens with zero attached hydrogens (tertiary/aromatic N) is 1. The van der Waals surface area contributed by atoms with Gasteiger partial charge in [-0.15, -0.1) is 0 Å². The Morgan fingerprint density at radius 3 is 2.07 bits per heavy atom. The van der Waals surface area contributed by atoms with Crippen LogP contribution in [-0.4, -0.2) is 74.5 Å². The number of carboxylic acids is 1. The average molecular weight is 385 g/mol. The van der Waals surface area contributed by atoms with E-state index in [1.54, 1.807) is 13.2 Å². The summed E-state index contributed by atoms with van der Waals surface area (Å²) < 4.78 is 15.8. The molecule has 0 aliphatic carbocycles. The maximum Gasteiger partial charge on any atom is 0.303 e. The summed E-state index contributed by atoms with van der Waals surface area (Å²) in [5.74, 6) is -0.834. The lowest BCUT2D eigenvalue weighted by molar-refractivity contribution is -0.137. The normalized spacial score (nSPS) is 10.9. The molecule has 0 bridgehead atoms. The number of rotatable bonds is 16. The van der Waals surface area contributed by atoms with Crippen LogP contribution in [0, 0.1) is 0 Å². The molecule has 0 aromatic heterocycles. The largest absolute Gasteiger partial charge is 0.481 e. The van der Waals surface area contributed by atoms with Gasteiger partial charge < -0.3 is 34.4 Å². The molecule has 1 aromatic carbocycles. The smallest absolute Gasteiger partial charge is 0.303 e. The molecule has 1 rings (SSSR count). The number of aliphatic hydroxyl groups excluding tert-OH is 2. The second-order valence-corrected chi connectivity index (χ2v) is 6.03. The second-order valence-electron chi connectivity index (χ2n) is 6.03. The Kier molecular flexibility index (Phi) is 12.4. The van der Waals surface area contributed by atoms with Gasteiger partial charge in [0.15, 0.2) is 0 Å². The minimum absolute atomic E-state index is 0.0806. The Morgan fingerprint density at radius 1 is 0.926 bits per heavy atom. The van der Waals surface area contributed by atoms with Crippen LogP contribution in [0.2, 0.25) is 0 Å². The van der Waals surface area contributed by atoms with Gasteiger partial charge in [0.25, 0.3) is 0 Å². The molecule has 8 heteroatoms. The first kappa shape index (κ1) is 23.3. The van der Waals surface area contributed by atoms with E-state index in [2.05, 4.69) is 0 Å². The lowest BCUT2D eigenvalue weighted by Crippen LogP contribution is -2.29. The van der Waals surface area contributed by atoms with E-state index in [1.807, 2.05) is 17.0 Å². The fourth-order valence-electron chi connectivity index (χ4n) is 2.54. The Morgan fingerprint density at radius 2 is 1.52 bits per heavy atom. The van der Waals surface area contributed by atoms with E-state index in [9.17, 15) is 15.0 Å². The van der Waals surface area contributed by atoms with Crippen LogP contribution >= 0.6 is 0 Å². The fraction of sp³-hybridized carbons (Fsp3) is 0.632. The van der Waals surface area contributed by atoms with Crippen molar-refractivity contribution in [3.63, 3.8) is 0 Å². The van der Waals surface area contributed by atoms with Crippen molar-refractivity contribution >= 4 is 11.7 Å². The van der Waals surface area contributed by atoms with Crippen LogP contribution in [0.3, 0.4) is 0 Å². The number of methoxy groups -OCH3 is 1. The third kappa shape index (κ3) is 10.3. The molecule has 0 aliphatic rings. The highest BCUT2D eigenvalue weighted by Crippen LogP contribution is 2.20. The highest BCUT2D eigenvalue weighted by Gasteiger charge is 2.10. The summed E-state index contributed by atoms with van der Waals surface area (Å²) in [4.78, 5) is 12.8. The van der Waals surface area contributed by atoms with Gasteiger partial charge in [0.1, 0.15) is 0 Å².